The van der Waals surface area contributed by atoms with Crippen molar-refractivity contribution < 1.29 is 4.74 Å². The summed E-state index contributed by atoms with van der Waals surface area (Å²) < 4.78 is 5.59. The zero-order valence-corrected chi connectivity index (χ0v) is 11.9. The van der Waals surface area contributed by atoms with E-state index in [1.165, 1.54) is 16.8 Å². The number of nitrogens with one attached hydrogen (secondary N) is 1. The van der Waals surface area contributed by atoms with Crippen LogP contribution in [0.5, 0.6) is 0 Å². The first-order valence-corrected chi connectivity index (χ1v) is 6.64. The Morgan fingerprint density at radius 2 is 2.17 bits per heavy atom. The van der Waals surface area contributed by atoms with E-state index in [2.05, 4.69) is 49.2 Å². The fourth-order valence-electron chi connectivity index (χ4n) is 2.64. The summed E-state index contributed by atoms with van der Waals surface area (Å²) in [4.78, 5) is 2.47. The maximum atomic E-state index is 5.59. The predicted octanol–water partition coefficient (Wildman–Crippen LogP) is 2.33. The van der Waals surface area contributed by atoms with Gasteiger partial charge >= 0.3 is 0 Å². The number of aryl methyl sites for hydroxylation is 1. The van der Waals surface area contributed by atoms with Crippen LogP contribution in [0.3, 0.4) is 0 Å². The van der Waals surface area contributed by atoms with Gasteiger partial charge in [0, 0.05) is 18.8 Å². The van der Waals surface area contributed by atoms with Crippen LogP contribution in [-0.4, -0.2) is 32.3 Å². The quantitative estimate of drug-likeness (QED) is 0.888. The molecule has 0 spiro atoms. The molecule has 100 valence electrons. The molecule has 1 N–H and O–H groups in total. The lowest BCUT2D eigenvalue weighted by atomic mass is 9.99. The van der Waals surface area contributed by atoms with E-state index in [1.807, 2.05) is 7.05 Å². The van der Waals surface area contributed by atoms with Crippen molar-refractivity contribution in [2.75, 3.05) is 31.7 Å². The SMILES string of the molecule is CNCc1ccc(N2CCOCC2(C)C)c(C)c1. The van der Waals surface area contributed by atoms with E-state index >= 15 is 0 Å². The first-order valence-electron chi connectivity index (χ1n) is 6.64. The minimum Gasteiger partial charge on any atom is -0.377 e. The molecule has 0 bridgehead atoms. The number of benzene rings is 1. The Morgan fingerprint density at radius 3 is 2.78 bits per heavy atom. The molecule has 0 radical (unpaired) electrons. The van der Waals surface area contributed by atoms with Gasteiger partial charge < -0.3 is 15.0 Å². The van der Waals surface area contributed by atoms with Crippen molar-refractivity contribution in [3.05, 3.63) is 29.3 Å². The Morgan fingerprint density at radius 1 is 1.39 bits per heavy atom. The van der Waals surface area contributed by atoms with Crippen molar-refractivity contribution in [1.82, 2.24) is 5.32 Å². The van der Waals surface area contributed by atoms with Crippen LogP contribution in [0.25, 0.3) is 0 Å². The Balaban J connectivity index is 2.27. The first-order chi connectivity index (χ1) is 8.54. The molecule has 1 aliphatic rings. The number of rotatable bonds is 3. The smallest absolute Gasteiger partial charge is 0.0694 e. The van der Waals surface area contributed by atoms with Gasteiger partial charge in [0.15, 0.2) is 0 Å². The second-order valence-electron chi connectivity index (χ2n) is 5.67. The van der Waals surface area contributed by atoms with Crippen LogP contribution in [0.1, 0.15) is 25.0 Å². The number of hydrogen-bond acceptors (Lipinski definition) is 3. The fraction of sp³-hybridized carbons (Fsp3) is 0.600. The van der Waals surface area contributed by atoms with Crippen molar-refractivity contribution in [3.8, 4) is 0 Å². The van der Waals surface area contributed by atoms with E-state index in [9.17, 15) is 0 Å². The van der Waals surface area contributed by atoms with E-state index < -0.39 is 0 Å². The van der Waals surface area contributed by atoms with Crippen LogP contribution in [0, 0.1) is 6.92 Å². The molecule has 18 heavy (non-hydrogen) atoms. The molecule has 1 aromatic rings. The summed E-state index contributed by atoms with van der Waals surface area (Å²) in [6.07, 6.45) is 0. The third-order valence-corrected chi connectivity index (χ3v) is 3.58. The average Bonchev–Trinajstić information content (AvgIpc) is 2.30. The number of morpholine rings is 1. The molecule has 1 saturated heterocycles. The molecule has 0 saturated carbocycles. The Kier molecular flexibility index (Phi) is 3.93. The van der Waals surface area contributed by atoms with Crippen molar-refractivity contribution in [1.29, 1.82) is 0 Å². The van der Waals surface area contributed by atoms with Crippen LogP contribution < -0.4 is 10.2 Å². The molecule has 0 unspecified atom stereocenters. The zero-order chi connectivity index (χ0) is 13.2. The highest BCUT2D eigenvalue weighted by molar-refractivity contribution is 5.56. The molecule has 1 heterocycles. The van der Waals surface area contributed by atoms with Gasteiger partial charge in [-0.1, -0.05) is 12.1 Å². The largest absolute Gasteiger partial charge is 0.377 e. The van der Waals surface area contributed by atoms with Crippen molar-refractivity contribution in [3.63, 3.8) is 0 Å². The van der Waals surface area contributed by atoms with E-state index in [-0.39, 0.29) is 5.54 Å². The second-order valence-corrected chi connectivity index (χ2v) is 5.67. The highest BCUT2D eigenvalue weighted by Crippen LogP contribution is 2.30. The Hall–Kier alpha value is -1.06. The van der Waals surface area contributed by atoms with E-state index in [4.69, 9.17) is 4.74 Å². The lowest BCUT2D eigenvalue weighted by Crippen LogP contribution is -2.53. The van der Waals surface area contributed by atoms with Gasteiger partial charge in [-0.3, -0.25) is 0 Å². The molecule has 1 aromatic carbocycles. The number of ether oxygens (including phenoxy) is 1. The molecular weight excluding hydrogens is 224 g/mol. The molecule has 1 fully saturated rings. The van der Waals surface area contributed by atoms with Crippen LogP contribution >= 0.6 is 0 Å². The van der Waals surface area contributed by atoms with Crippen LogP contribution in [0.4, 0.5) is 5.69 Å². The summed E-state index contributed by atoms with van der Waals surface area (Å²) in [7, 11) is 1.98. The minimum absolute atomic E-state index is 0.0769. The lowest BCUT2D eigenvalue weighted by Gasteiger charge is -2.44. The maximum Gasteiger partial charge on any atom is 0.0694 e. The van der Waals surface area contributed by atoms with Gasteiger partial charge in [0.2, 0.25) is 0 Å². The highest BCUT2D eigenvalue weighted by atomic mass is 16.5. The summed E-state index contributed by atoms with van der Waals surface area (Å²) >= 11 is 0. The summed E-state index contributed by atoms with van der Waals surface area (Å²) in [5.41, 5.74) is 4.10. The second kappa shape index (κ2) is 5.29. The third-order valence-electron chi connectivity index (χ3n) is 3.58. The first kappa shape index (κ1) is 13.4. The van der Waals surface area contributed by atoms with Gasteiger partial charge in [-0.25, -0.2) is 0 Å². The van der Waals surface area contributed by atoms with Gasteiger partial charge in [-0.15, -0.1) is 0 Å². The summed E-state index contributed by atoms with van der Waals surface area (Å²) in [6.45, 7) is 10.2. The molecular formula is C15H24N2O. The van der Waals surface area contributed by atoms with Crippen molar-refractivity contribution in [2.24, 2.45) is 0 Å². The van der Waals surface area contributed by atoms with Crippen LogP contribution in [0.2, 0.25) is 0 Å². The van der Waals surface area contributed by atoms with E-state index in [0.717, 1.165) is 26.3 Å². The van der Waals surface area contributed by atoms with Gasteiger partial charge in [0.05, 0.1) is 18.8 Å². The number of nitrogens with zero attached hydrogens (tertiary/aromatic N) is 1. The molecule has 1 aliphatic heterocycles. The van der Waals surface area contributed by atoms with E-state index in [0.29, 0.717) is 0 Å². The standard InChI is InChI=1S/C15H24N2O/c1-12-9-13(10-16-4)5-6-14(12)17-7-8-18-11-15(17,2)3/h5-6,9,16H,7-8,10-11H2,1-4H3. The molecule has 3 heteroatoms. The number of hydrogen-bond donors (Lipinski definition) is 1. The van der Waals surface area contributed by atoms with Gasteiger partial charge in [-0.2, -0.15) is 0 Å². The fourth-order valence-corrected chi connectivity index (χ4v) is 2.64. The highest BCUT2D eigenvalue weighted by Gasteiger charge is 2.31. The zero-order valence-electron chi connectivity index (χ0n) is 11.9. The van der Waals surface area contributed by atoms with Gasteiger partial charge in [0.1, 0.15) is 0 Å². The monoisotopic (exact) mass is 248 g/mol. The molecule has 0 atom stereocenters. The molecule has 3 nitrogen and oxygen atoms in total. The summed E-state index contributed by atoms with van der Waals surface area (Å²) in [6, 6.07) is 6.73. The molecule has 0 aromatic heterocycles. The maximum absolute atomic E-state index is 5.59. The van der Waals surface area contributed by atoms with Crippen molar-refractivity contribution >= 4 is 5.69 Å². The lowest BCUT2D eigenvalue weighted by molar-refractivity contribution is 0.0643. The predicted molar refractivity (Wildman–Crippen MR) is 76.2 cm³/mol. The van der Waals surface area contributed by atoms with Crippen molar-refractivity contribution in [2.45, 2.75) is 32.9 Å². The Labute approximate surface area is 110 Å². The summed E-state index contributed by atoms with van der Waals surface area (Å²) in [5, 5.41) is 3.19. The molecule has 2 rings (SSSR count). The number of anilines is 1. The minimum atomic E-state index is 0.0769. The summed E-state index contributed by atoms with van der Waals surface area (Å²) in [5.74, 6) is 0. The normalized spacial score (nSPS) is 19.0. The van der Waals surface area contributed by atoms with Crippen LogP contribution in [0.15, 0.2) is 18.2 Å². The molecule has 0 amide bonds. The van der Waals surface area contributed by atoms with Crippen LogP contribution in [-0.2, 0) is 11.3 Å². The van der Waals surface area contributed by atoms with Gasteiger partial charge in [-0.05, 0) is 45.0 Å². The molecule has 0 aliphatic carbocycles. The average molecular weight is 248 g/mol. The topological polar surface area (TPSA) is 24.5 Å². The van der Waals surface area contributed by atoms with Gasteiger partial charge in [0.25, 0.3) is 0 Å². The third kappa shape index (κ3) is 2.68. The van der Waals surface area contributed by atoms with E-state index in [1.54, 1.807) is 0 Å². The Bertz CT molecular complexity index is 415.